The van der Waals surface area contributed by atoms with Crippen molar-refractivity contribution in [1.82, 2.24) is 0 Å². The van der Waals surface area contributed by atoms with E-state index in [1.54, 1.807) is 0 Å². The molecule has 7 heteroatoms. The zero-order chi connectivity index (χ0) is 15.2. The molecule has 0 atom stereocenters. The monoisotopic (exact) mass is 310 g/mol. The Kier molecular flexibility index (Phi) is 5.10. The lowest BCUT2D eigenvalue weighted by atomic mass is 10.2. The molecule has 2 aromatic carbocycles. The number of rotatable bonds is 6. The smallest absolute Gasteiger partial charge is 0.295 e. The van der Waals surface area contributed by atoms with Gasteiger partial charge in [0.2, 0.25) is 0 Å². The van der Waals surface area contributed by atoms with Gasteiger partial charge < -0.3 is 5.32 Å². The Morgan fingerprint density at radius 1 is 1.14 bits per heavy atom. The van der Waals surface area contributed by atoms with Crippen LogP contribution in [0.5, 0.6) is 0 Å². The first-order valence-electron chi connectivity index (χ1n) is 6.13. The normalized spacial score (nSPS) is 10.4. The van der Waals surface area contributed by atoms with Gasteiger partial charge in [-0.1, -0.05) is 18.2 Å². The number of anilines is 1. The van der Waals surface area contributed by atoms with Crippen LogP contribution in [0.3, 0.4) is 0 Å². The fraction of sp³-hybridized carbons (Fsp3) is 0.143. The van der Waals surface area contributed by atoms with E-state index in [4.69, 9.17) is 0 Å². The molecule has 21 heavy (non-hydrogen) atoms. The Labute approximate surface area is 124 Å². The second kappa shape index (κ2) is 7.03. The van der Waals surface area contributed by atoms with Gasteiger partial charge in [-0.2, -0.15) is 0 Å². The van der Waals surface area contributed by atoms with E-state index in [-0.39, 0.29) is 6.54 Å². The lowest BCUT2D eigenvalue weighted by Crippen LogP contribution is -2.09. The quantitative estimate of drug-likeness (QED) is 0.378. The van der Waals surface area contributed by atoms with E-state index in [0.29, 0.717) is 5.75 Å². The first kappa shape index (κ1) is 15.2. The average molecular weight is 310 g/mol. The van der Waals surface area contributed by atoms with Crippen LogP contribution >= 0.6 is 11.8 Å². The molecule has 0 saturated heterocycles. The average Bonchev–Trinajstić information content (AvgIpc) is 2.48. The zero-order valence-corrected chi connectivity index (χ0v) is 11.7. The Hall–Kier alpha value is -2.15. The van der Waals surface area contributed by atoms with Gasteiger partial charge in [-0.15, -0.1) is 11.8 Å². The zero-order valence-electron chi connectivity index (χ0n) is 10.9. The fourth-order valence-electron chi connectivity index (χ4n) is 1.72. The van der Waals surface area contributed by atoms with Crippen molar-refractivity contribution in [3.05, 3.63) is 64.2 Å². The molecular formula is C14H12F2N2O2S. The molecule has 0 amide bonds. The summed E-state index contributed by atoms with van der Waals surface area (Å²) < 4.78 is 26.8. The molecule has 4 nitrogen and oxygen atoms in total. The van der Waals surface area contributed by atoms with Crippen LogP contribution in [0.4, 0.5) is 20.2 Å². The number of nitrogens with one attached hydrogen (secondary N) is 1. The minimum atomic E-state index is -1.23. The van der Waals surface area contributed by atoms with Gasteiger partial charge in [0.05, 0.1) is 4.92 Å². The summed E-state index contributed by atoms with van der Waals surface area (Å²) in [5, 5.41) is 13.4. The van der Waals surface area contributed by atoms with Gasteiger partial charge in [-0.25, -0.2) is 8.78 Å². The molecule has 0 aliphatic heterocycles. The minimum absolute atomic E-state index is 0.279. The van der Waals surface area contributed by atoms with E-state index in [1.165, 1.54) is 11.8 Å². The number of halogens is 2. The van der Waals surface area contributed by atoms with Crippen LogP contribution in [0.25, 0.3) is 0 Å². The molecule has 0 unspecified atom stereocenters. The minimum Gasteiger partial charge on any atom is -0.376 e. The van der Waals surface area contributed by atoms with Crippen LogP contribution in [0.1, 0.15) is 0 Å². The van der Waals surface area contributed by atoms with Gasteiger partial charge >= 0.3 is 0 Å². The summed E-state index contributed by atoms with van der Waals surface area (Å²) in [5.41, 5.74) is -0.882. The predicted molar refractivity (Wildman–Crippen MR) is 78.7 cm³/mol. The van der Waals surface area contributed by atoms with Crippen molar-refractivity contribution in [2.24, 2.45) is 0 Å². The SMILES string of the molecule is O=[N+]([O-])c1ccc(F)c(F)c1NCCSc1ccccc1. The molecular weight excluding hydrogens is 298 g/mol. The number of benzene rings is 2. The third-order valence-corrected chi connectivity index (χ3v) is 3.70. The molecule has 0 heterocycles. The number of nitro benzene ring substituents is 1. The summed E-state index contributed by atoms with van der Waals surface area (Å²) in [7, 11) is 0. The summed E-state index contributed by atoms with van der Waals surface area (Å²) >= 11 is 1.52. The molecule has 0 aliphatic rings. The highest BCUT2D eigenvalue weighted by molar-refractivity contribution is 7.99. The highest BCUT2D eigenvalue weighted by Crippen LogP contribution is 2.29. The molecule has 0 aromatic heterocycles. The molecule has 0 aliphatic carbocycles. The van der Waals surface area contributed by atoms with Crippen LogP contribution in [-0.2, 0) is 0 Å². The maximum atomic E-state index is 13.6. The number of nitrogens with zero attached hydrogens (tertiary/aromatic N) is 1. The largest absolute Gasteiger partial charge is 0.376 e. The number of hydrogen-bond acceptors (Lipinski definition) is 4. The van der Waals surface area contributed by atoms with E-state index < -0.39 is 27.9 Å². The van der Waals surface area contributed by atoms with E-state index in [2.05, 4.69) is 5.32 Å². The molecule has 2 aromatic rings. The van der Waals surface area contributed by atoms with Crippen LogP contribution in [0.15, 0.2) is 47.4 Å². The van der Waals surface area contributed by atoms with Crippen molar-refractivity contribution in [3.8, 4) is 0 Å². The highest BCUT2D eigenvalue weighted by atomic mass is 32.2. The van der Waals surface area contributed by atoms with Crippen LogP contribution in [-0.4, -0.2) is 17.2 Å². The first-order chi connectivity index (χ1) is 10.1. The van der Waals surface area contributed by atoms with Gasteiger partial charge in [-0.05, 0) is 18.2 Å². The van der Waals surface area contributed by atoms with Crippen LogP contribution in [0.2, 0.25) is 0 Å². The fourth-order valence-corrected chi connectivity index (χ4v) is 2.51. The molecule has 1 N–H and O–H groups in total. The number of nitro groups is 1. The van der Waals surface area contributed by atoms with Crippen molar-refractivity contribution in [2.75, 3.05) is 17.6 Å². The van der Waals surface area contributed by atoms with E-state index in [0.717, 1.165) is 17.0 Å². The van der Waals surface area contributed by atoms with Crippen LogP contribution < -0.4 is 5.32 Å². The summed E-state index contributed by atoms with van der Waals surface area (Å²) in [6, 6.07) is 11.2. The molecule has 0 fully saturated rings. The Morgan fingerprint density at radius 2 is 1.86 bits per heavy atom. The molecule has 0 saturated carbocycles. The van der Waals surface area contributed by atoms with Crippen molar-refractivity contribution >= 4 is 23.1 Å². The van der Waals surface area contributed by atoms with Gasteiger partial charge in [0.1, 0.15) is 0 Å². The van der Waals surface area contributed by atoms with Crippen molar-refractivity contribution in [3.63, 3.8) is 0 Å². The topological polar surface area (TPSA) is 55.2 Å². The number of hydrogen-bond donors (Lipinski definition) is 1. The molecule has 0 spiro atoms. The van der Waals surface area contributed by atoms with Crippen LogP contribution in [0, 0.1) is 21.7 Å². The molecule has 2 rings (SSSR count). The van der Waals surface area contributed by atoms with Gasteiger partial charge in [0.15, 0.2) is 17.3 Å². The Balaban J connectivity index is 1.99. The van der Waals surface area contributed by atoms with Crippen molar-refractivity contribution < 1.29 is 13.7 Å². The predicted octanol–water partition coefficient (Wildman–Crippen LogP) is 4.08. The second-order valence-electron chi connectivity index (χ2n) is 4.10. The van der Waals surface area contributed by atoms with E-state index in [1.807, 2.05) is 30.3 Å². The van der Waals surface area contributed by atoms with Gasteiger partial charge in [0.25, 0.3) is 5.69 Å². The summed E-state index contributed by atoms with van der Waals surface area (Å²) in [4.78, 5) is 11.1. The second-order valence-corrected chi connectivity index (χ2v) is 5.27. The Bertz CT molecular complexity index is 638. The number of thioether (sulfide) groups is 1. The lowest BCUT2D eigenvalue weighted by Gasteiger charge is -2.08. The van der Waals surface area contributed by atoms with E-state index in [9.17, 15) is 18.9 Å². The van der Waals surface area contributed by atoms with E-state index >= 15 is 0 Å². The summed E-state index contributed by atoms with van der Waals surface area (Å²) in [5.74, 6) is -1.77. The lowest BCUT2D eigenvalue weighted by molar-refractivity contribution is -0.384. The van der Waals surface area contributed by atoms with Crippen molar-refractivity contribution in [2.45, 2.75) is 4.90 Å². The molecule has 0 radical (unpaired) electrons. The summed E-state index contributed by atoms with van der Waals surface area (Å²) in [6.45, 7) is 0.279. The van der Waals surface area contributed by atoms with Gasteiger partial charge in [0, 0.05) is 23.3 Å². The maximum Gasteiger partial charge on any atom is 0.295 e. The van der Waals surface area contributed by atoms with Crippen molar-refractivity contribution in [1.29, 1.82) is 0 Å². The highest BCUT2D eigenvalue weighted by Gasteiger charge is 2.20. The molecule has 110 valence electrons. The van der Waals surface area contributed by atoms with Gasteiger partial charge in [-0.3, -0.25) is 10.1 Å². The standard InChI is InChI=1S/C14H12F2N2O2S/c15-11-6-7-12(18(19)20)14(13(11)16)17-8-9-21-10-4-2-1-3-5-10/h1-7,17H,8-9H2. The third-order valence-electron chi connectivity index (χ3n) is 2.69. The summed E-state index contributed by atoms with van der Waals surface area (Å²) in [6.07, 6.45) is 0. The first-order valence-corrected chi connectivity index (χ1v) is 7.12. The Morgan fingerprint density at radius 3 is 2.52 bits per heavy atom. The third kappa shape index (κ3) is 3.91. The molecule has 0 bridgehead atoms. The maximum absolute atomic E-state index is 13.6.